The number of nitrogens with two attached hydrogens (primary N) is 1. The van der Waals surface area contributed by atoms with E-state index in [1.54, 1.807) is 6.20 Å². The van der Waals surface area contributed by atoms with Crippen molar-refractivity contribution < 1.29 is 5.11 Å². The van der Waals surface area contributed by atoms with Gasteiger partial charge in [-0.3, -0.25) is 9.48 Å². The summed E-state index contributed by atoms with van der Waals surface area (Å²) in [5.41, 5.74) is 8.78. The van der Waals surface area contributed by atoms with Crippen LogP contribution in [0, 0.1) is 5.41 Å². The zero-order chi connectivity index (χ0) is 23.9. The number of hydrogen-bond acceptors (Lipinski definition) is 5. The SMILES string of the molecule is CC1(O)CC(n2nc(-c3ccc4ccn([C@H]5CCCC6(CC6)C5)c(=O)c4c3)c3c(N)nccc32)C1. The molecule has 3 aromatic heterocycles. The molecule has 3 aliphatic rings. The lowest BCUT2D eigenvalue weighted by Crippen LogP contribution is -2.42. The third-order valence-corrected chi connectivity index (χ3v) is 8.82. The Morgan fingerprint density at radius 1 is 1.09 bits per heavy atom. The van der Waals surface area contributed by atoms with E-state index in [9.17, 15) is 9.90 Å². The van der Waals surface area contributed by atoms with E-state index in [-0.39, 0.29) is 17.6 Å². The van der Waals surface area contributed by atoms with E-state index in [1.165, 1.54) is 25.7 Å². The molecule has 180 valence electrons. The van der Waals surface area contributed by atoms with Crippen molar-refractivity contribution in [1.82, 2.24) is 19.3 Å². The van der Waals surface area contributed by atoms with Crippen LogP contribution in [0.25, 0.3) is 32.9 Å². The Hall–Kier alpha value is -3.19. The lowest BCUT2D eigenvalue weighted by atomic mass is 9.77. The van der Waals surface area contributed by atoms with Gasteiger partial charge in [-0.25, -0.2) is 4.98 Å². The number of hydrogen-bond donors (Lipinski definition) is 2. The molecule has 35 heavy (non-hydrogen) atoms. The van der Waals surface area contributed by atoms with E-state index < -0.39 is 5.60 Å². The van der Waals surface area contributed by atoms with Gasteiger partial charge in [-0.15, -0.1) is 0 Å². The molecule has 0 aliphatic heterocycles. The number of benzene rings is 1. The van der Waals surface area contributed by atoms with Gasteiger partial charge in [-0.05, 0) is 80.9 Å². The standard InChI is InChI=1S/C28H31N5O2/c1-27(35)14-20(15-27)33-22-6-11-30-25(29)23(22)24(31-33)18-5-4-17-7-12-32(26(34)21(17)13-18)19-3-2-8-28(16-19)9-10-28/h4-7,11-13,19-20,35H,2-3,8-10,14-16H2,1H3,(H2,29,30)/t19-,20?,27?/m0/s1. The minimum Gasteiger partial charge on any atom is -0.390 e. The number of fused-ring (bicyclic) bond motifs is 2. The van der Waals surface area contributed by atoms with Crippen molar-refractivity contribution in [2.24, 2.45) is 5.41 Å². The maximum atomic E-state index is 13.7. The lowest BCUT2D eigenvalue weighted by Gasteiger charge is -2.41. The summed E-state index contributed by atoms with van der Waals surface area (Å²) < 4.78 is 3.96. The Morgan fingerprint density at radius 3 is 2.69 bits per heavy atom. The van der Waals surface area contributed by atoms with Crippen molar-refractivity contribution in [3.05, 3.63) is 53.1 Å². The minimum absolute atomic E-state index is 0.0805. The lowest BCUT2D eigenvalue weighted by molar-refractivity contribution is -0.0529. The molecule has 0 bridgehead atoms. The van der Waals surface area contributed by atoms with Crippen molar-refractivity contribution in [1.29, 1.82) is 0 Å². The van der Waals surface area contributed by atoms with Crippen molar-refractivity contribution in [3.63, 3.8) is 0 Å². The first-order valence-corrected chi connectivity index (χ1v) is 12.8. The van der Waals surface area contributed by atoms with Gasteiger partial charge in [0.05, 0.1) is 22.5 Å². The summed E-state index contributed by atoms with van der Waals surface area (Å²) in [5, 5.41) is 17.7. The number of anilines is 1. The van der Waals surface area contributed by atoms with Crippen molar-refractivity contribution in [2.75, 3.05) is 5.73 Å². The number of aromatic nitrogens is 4. The highest BCUT2D eigenvalue weighted by molar-refractivity contribution is 6.01. The molecule has 3 heterocycles. The molecule has 0 radical (unpaired) electrons. The maximum absolute atomic E-state index is 13.7. The van der Waals surface area contributed by atoms with Crippen LogP contribution in [0.5, 0.6) is 0 Å². The van der Waals surface area contributed by atoms with E-state index in [1.807, 2.05) is 46.6 Å². The zero-order valence-corrected chi connectivity index (χ0v) is 20.1. The van der Waals surface area contributed by atoms with Gasteiger partial charge in [0.2, 0.25) is 0 Å². The zero-order valence-electron chi connectivity index (χ0n) is 20.1. The molecule has 1 aromatic carbocycles. The highest BCUT2D eigenvalue weighted by Gasteiger charge is 2.46. The molecule has 3 saturated carbocycles. The maximum Gasteiger partial charge on any atom is 0.258 e. The van der Waals surface area contributed by atoms with Gasteiger partial charge in [0, 0.05) is 29.4 Å². The molecule has 1 spiro atoms. The van der Waals surface area contributed by atoms with E-state index in [2.05, 4.69) is 11.1 Å². The third-order valence-electron chi connectivity index (χ3n) is 8.82. The number of rotatable bonds is 3. The fourth-order valence-corrected chi connectivity index (χ4v) is 6.70. The minimum atomic E-state index is -0.659. The first-order valence-electron chi connectivity index (χ1n) is 12.8. The van der Waals surface area contributed by atoms with Gasteiger partial charge in [0.25, 0.3) is 5.56 Å². The molecule has 0 amide bonds. The third kappa shape index (κ3) is 3.32. The molecular weight excluding hydrogens is 438 g/mol. The van der Waals surface area contributed by atoms with E-state index >= 15 is 0 Å². The normalized spacial score (nSPS) is 27.4. The number of nitrogen functional groups attached to an aromatic ring is 1. The summed E-state index contributed by atoms with van der Waals surface area (Å²) >= 11 is 0. The molecule has 7 heteroatoms. The summed E-state index contributed by atoms with van der Waals surface area (Å²) in [6, 6.07) is 10.4. The predicted molar refractivity (Wildman–Crippen MR) is 137 cm³/mol. The predicted octanol–water partition coefficient (Wildman–Crippen LogP) is 4.98. The molecular formula is C28H31N5O2. The van der Waals surface area contributed by atoms with Crippen LogP contribution in [0.3, 0.4) is 0 Å². The summed E-state index contributed by atoms with van der Waals surface area (Å²) in [6.07, 6.45) is 12.4. The Balaban J connectivity index is 1.34. The fourth-order valence-electron chi connectivity index (χ4n) is 6.70. The number of nitrogens with zero attached hydrogens (tertiary/aromatic N) is 4. The average Bonchev–Trinajstić information content (AvgIpc) is 3.44. The highest BCUT2D eigenvalue weighted by atomic mass is 16.3. The van der Waals surface area contributed by atoms with Crippen LogP contribution in [0.2, 0.25) is 0 Å². The molecule has 0 unspecified atom stereocenters. The van der Waals surface area contributed by atoms with Crippen LogP contribution >= 0.6 is 0 Å². The Morgan fingerprint density at radius 2 is 1.91 bits per heavy atom. The average molecular weight is 470 g/mol. The second kappa shape index (κ2) is 7.17. The van der Waals surface area contributed by atoms with E-state index in [4.69, 9.17) is 10.8 Å². The first-order chi connectivity index (χ1) is 16.8. The Kier molecular flexibility index (Phi) is 4.32. The van der Waals surface area contributed by atoms with Crippen LogP contribution in [0.15, 0.2) is 47.5 Å². The van der Waals surface area contributed by atoms with Gasteiger partial charge < -0.3 is 15.4 Å². The van der Waals surface area contributed by atoms with Gasteiger partial charge in [-0.1, -0.05) is 18.6 Å². The quantitative estimate of drug-likeness (QED) is 0.441. The second-order valence-electron chi connectivity index (χ2n) is 11.5. The van der Waals surface area contributed by atoms with Crippen LogP contribution in [-0.4, -0.2) is 30.0 Å². The van der Waals surface area contributed by atoms with E-state index in [0.29, 0.717) is 24.1 Å². The van der Waals surface area contributed by atoms with Crippen molar-refractivity contribution in [2.45, 2.75) is 76.0 Å². The highest BCUT2D eigenvalue weighted by Crippen LogP contribution is 2.58. The molecule has 7 nitrogen and oxygen atoms in total. The molecule has 4 aromatic rings. The van der Waals surface area contributed by atoms with E-state index in [0.717, 1.165) is 45.8 Å². The van der Waals surface area contributed by atoms with Gasteiger partial charge in [0.1, 0.15) is 11.5 Å². The second-order valence-corrected chi connectivity index (χ2v) is 11.5. The van der Waals surface area contributed by atoms with Crippen LogP contribution < -0.4 is 11.3 Å². The molecule has 7 rings (SSSR count). The van der Waals surface area contributed by atoms with Crippen molar-refractivity contribution >= 4 is 27.5 Å². The summed E-state index contributed by atoms with van der Waals surface area (Å²) in [5.74, 6) is 0.428. The van der Waals surface area contributed by atoms with Gasteiger partial charge in [-0.2, -0.15) is 5.10 Å². The van der Waals surface area contributed by atoms with Crippen LogP contribution in [-0.2, 0) is 0 Å². The summed E-state index contributed by atoms with van der Waals surface area (Å²) in [6.45, 7) is 1.86. The fraction of sp³-hybridized carbons (Fsp3) is 0.464. The van der Waals surface area contributed by atoms with Crippen LogP contribution in [0.4, 0.5) is 5.82 Å². The van der Waals surface area contributed by atoms with Gasteiger partial charge in [0.15, 0.2) is 0 Å². The molecule has 3 aliphatic carbocycles. The largest absolute Gasteiger partial charge is 0.390 e. The topological polar surface area (TPSA) is 99.0 Å². The van der Waals surface area contributed by atoms with Crippen LogP contribution in [0.1, 0.15) is 70.4 Å². The summed E-state index contributed by atoms with van der Waals surface area (Å²) in [4.78, 5) is 18.0. The molecule has 3 fully saturated rings. The molecule has 1 atom stereocenters. The summed E-state index contributed by atoms with van der Waals surface area (Å²) in [7, 11) is 0. The Bertz CT molecular complexity index is 1540. The van der Waals surface area contributed by atoms with Crippen molar-refractivity contribution in [3.8, 4) is 11.3 Å². The molecule has 0 saturated heterocycles. The van der Waals surface area contributed by atoms with Gasteiger partial charge >= 0.3 is 0 Å². The monoisotopic (exact) mass is 469 g/mol. The Labute approximate surface area is 203 Å². The molecule has 3 N–H and O–H groups in total. The first kappa shape index (κ1) is 21.1. The number of pyridine rings is 2. The number of aliphatic hydroxyl groups is 1. The smallest absolute Gasteiger partial charge is 0.258 e.